The highest BCUT2D eigenvalue weighted by atomic mass is 16.3. The molecule has 0 aliphatic heterocycles. The summed E-state index contributed by atoms with van der Waals surface area (Å²) in [7, 11) is 0. The molecule has 0 atom stereocenters. The molecule has 0 spiro atoms. The smallest absolute Gasteiger partial charge is 0.164 e. The molecule has 4 nitrogen and oxygen atoms in total. The Labute approximate surface area is 93.6 Å². The summed E-state index contributed by atoms with van der Waals surface area (Å²) in [6.45, 7) is -0.0453. The summed E-state index contributed by atoms with van der Waals surface area (Å²) in [5, 5.41) is 17.4. The molecule has 1 fully saturated rings. The van der Waals surface area contributed by atoms with Gasteiger partial charge in [-0.25, -0.2) is 0 Å². The molecule has 4 heteroatoms. The lowest BCUT2D eigenvalue weighted by atomic mass is 10.2. The second-order valence-electron chi connectivity index (χ2n) is 4.07. The molecule has 2 aromatic rings. The third kappa shape index (κ3) is 1.51. The number of aliphatic hydroxyl groups excluding tert-OH is 1. The van der Waals surface area contributed by atoms with Crippen LogP contribution >= 0.6 is 0 Å². The first-order valence-electron chi connectivity index (χ1n) is 5.50. The molecular formula is C12H13N3O. The minimum atomic E-state index is -0.0453. The number of benzene rings is 1. The van der Waals surface area contributed by atoms with Crippen LogP contribution < -0.4 is 0 Å². The minimum absolute atomic E-state index is 0.0453. The lowest BCUT2D eigenvalue weighted by Gasteiger charge is -2.07. The molecule has 1 aromatic heterocycles. The Kier molecular flexibility index (Phi) is 2.22. The number of aliphatic hydroxyl groups is 1. The topological polar surface area (TPSA) is 50.9 Å². The van der Waals surface area contributed by atoms with Crippen LogP contribution in [0.5, 0.6) is 0 Å². The Morgan fingerprint density at radius 2 is 1.94 bits per heavy atom. The van der Waals surface area contributed by atoms with Crippen LogP contribution in [0.15, 0.2) is 30.3 Å². The van der Waals surface area contributed by atoms with Gasteiger partial charge in [0, 0.05) is 11.6 Å². The molecule has 1 aliphatic rings. The number of hydrogen-bond acceptors (Lipinski definition) is 3. The van der Waals surface area contributed by atoms with E-state index in [0.717, 1.165) is 24.2 Å². The van der Waals surface area contributed by atoms with Crippen molar-refractivity contribution in [2.75, 3.05) is 0 Å². The zero-order chi connectivity index (χ0) is 11.0. The quantitative estimate of drug-likeness (QED) is 0.849. The van der Waals surface area contributed by atoms with E-state index >= 15 is 0 Å². The third-order valence-electron chi connectivity index (χ3n) is 2.85. The summed E-state index contributed by atoms with van der Waals surface area (Å²) < 4.78 is 2.06. The van der Waals surface area contributed by atoms with Crippen LogP contribution in [0.25, 0.3) is 11.4 Å². The highest BCUT2D eigenvalue weighted by molar-refractivity contribution is 5.55. The lowest BCUT2D eigenvalue weighted by molar-refractivity contribution is 0.265. The average Bonchev–Trinajstić information content (AvgIpc) is 3.09. The summed E-state index contributed by atoms with van der Waals surface area (Å²) >= 11 is 0. The van der Waals surface area contributed by atoms with Gasteiger partial charge in [0.05, 0.1) is 0 Å². The third-order valence-corrected chi connectivity index (χ3v) is 2.85. The molecule has 3 rings (SSSR count). The van der Waals surface area contributed by atoms with Gasteiger partial charge in [-0.2, -0.15) is 0 Å². The average molecular weight is 215 g/mol. The minimum Gasteiger partial charge on any atom is -0.388 e. The van der Waals surface area contributed by atoms with Gasteiger partial charge < -0.3 is 9.67 Å². The molecule has 1 heterocycles. The van der Waals surface area contributed by atoms with Crippen molar-refractivity contribution in [1.29, 1.82) is 0 Å². The molecule has 0 saturated heterocycles. The van der Waals surface area contributed by atoms with Crippen LogP contribution in [0.1, 0.15) is 24.7 Å². The predicted octanol–water partition coefficient (Wildman–Crippen LogP) is 1.77. The fourth-order valence-corrected chi connectivity index (χ4v) is 1.93. The van der Waals surface area contributed by atoms with E-state index in [-0.39, 0.29) is 6.61 Å². The van der Waals surface area contributed by atoms with Crippen LogP contribution in [0.4, 0.5) is 0 Å². The number of aromatic nitrogens is 3. The van der Waals surface area contributed by atoms with E-state index in [0.29, 0.717) is 11.9 Å². The zero-order valence-electron chi connectivity index (χ0n) is 8.87. The van der Waals surface area contributed by atoms with E-state index in [4.69, 9.17) is 0 Å². The number of nitrogens with zero attached hydrogens (tertiary/aromatic N) is 3. The van der Waals surface area contributed by atoms with Gasteiger partial charge in [-0.1, -0.05) is 30.3 Å². The van der Waals surface area contributed by atoms with Gasteiger partial charge in [-0.3, -0.25) is 0 Å². The second-order valence-corrected chi connectivity index (χ2v) is 4.07. The van der Waals surface area contributed by atoms with E-state index in [1.165, 1.54) is 0 Å². The maximum absolute atomic E-state index is 9.23. The van der Waals surface area contributed by atoms with Gasteiger partial charge in [0.25, 0.3) is 0 Å². The van der Waals surface area contributed by atoms with Gasteiger partial charge in [0.2, 0.25) is 0 Å². The molecule has 0 bridgehead atoms. The molecule has 0 amide bonds. The fourth-order valence-electron chi connectivity index (χ4n) is 1.93. The number of hydrogen-bond donors (Lipinski definition) is 1. The van der Waals surface area contributed by atoms with E-state index in [1.54, 1.807) is 0 Å². The number of rotatable bonds is 3. The Hall–Kier alpha value is -1.68. The highest BCUT2D eigenvalue weighted by Crippen LogP contribution is 2.38. The van der Waals surface area contributed by atoms with Crippen LogP contribution in [0.3, 0.4) is 0 Å². The second kappa shape index (κ2) is 3.72. The van der Waals surface area contributed by atoms with Gasteiger partial charge in [0.1, 0.15) is 6.61 Å². The Bertz CT molecular complexity index is 488. The van der Waals surface area contributed by atoms with Gasteiger partial charge in [-0.15, -0.1) is 10.2 Å². The van der Waals surface area contributed by atoms with Crippen molar-refractivity contribution in [3.05, 3.63) is 36.2 Å². The van der Waals surface area contributed by atoms with Crippen molar-refractivity contribution >= 4 is 0 Å². The van der Waals surface area contributed by atoms with E-state index in [2.05, 4.69) is 14.8 Å². The molecule has 16 heavy (non-hydrogen) atoms. The van der Waals surface area contributed by atoms with Crippen LogP contribution in [0, 0.1) is 0 Å². The lowest BCUT2D eigenvalue weighted by Crippen LogP contribution is -2.03. The van der Waals surface area contributed by atoms with Gasteiger partial charge in [0.15, 0.2) is 11.6 Å². The molecule has 1 N–H and O–H groups in total. The first kappa shape index (κ1) is 9.54. The van der Waals surface area contributed by atoms with E-state index in [1.807, 2.05) is 30.3 Å². The molecule has 0 unspecified atom stereocenters. The largest absolute Gasteiger partial charge is 0.388 e. The van der Waals surface area contributed by atoms with Crippen molar-refractivity contribution in [2.24, 2.45) is 0 Å². The van der Waals surface area contributed by atoms with Crippen molar-refractivity contribution in [3.8, 4) is 11.4 Å². The van der Waals surface area contributed by atoms with E-state index in [9.17, 15) is 5.11 Å². The molecule has 1 saturated carbocycles. The molecule has 1 aliphatic carbocycles. The van der Waals surface area contributed by atoms with Crippen molar-refractivity contribution in [1.82, 2.24) is 14.8 Å². The van der Waals surface area contributed by atoms with Gasteiger partial charge in [-0.05, 0) is 12.8 Å². The predicted molar refractivity (Wildman–Crippen MR) is 59.7 cm³/mol. The van der Waals surface area contributed by atoms with Crippen LogP contribution in [-0.2, 0) is 6.61 Å². The maximum atomic E-state index is 9.23. The summed E-state index contributed by atoms with van der Waals surface area (Å²) in [5.74, 6) is 1.54. The maximum Gasteiger partial charge on any atom is 0.164 e. The summed E-state index contributed by atoms with van der Waals surface area (Å²) in [6, 6.07) is 10.5. The first-order chi connectivity index (χ1) is 7.90. The Morgan fingerprint density at radius 3 is 2.56 bits per heavy atom. The summed E-state index contributed by atoms with van der Waals surface area (Å²) in [4.78, 5) is 0. The monoisotopic (exact) mass is 215 g/mol. The molecule has 0 radical (unpaired) electrons. The van der Waals surface area contributed by atoms with Crippen molar-refractivity contribution in [3.63, 3.8) is 0 Å². The van der Waals surface area contributed by atoms with Crippen LogP contribution in [0.2, 0.25) is 0 Å². The highest BCUT2D eigenvalue weighted by Gasteiger charge is 2.29. The Morgan fingerprint density at radius 1 is 1.19 bits per heavy atom. The molecule has 1 aromatic carbocycles. The molecule has 82 valence electrons. The van der Waals surface area contributed by atoms with Crippen molar-refractivity contribution in [2.45, 2.75) is 25.5 Å². The standard InChI is InChI=1S/C12H13N3O/c16-8-11-13-14-12(15(11)10-6-7-10)9-4-2-1-3-5-9/h1-5,10,16H,6-8H2. The van der Waals surface area contributed by atoms with Crippen molar-refractivity contribution < 1.29 is 5.11 Å². The Balaban J connectivity index is 2.10. The fraction of sp³-hybridized carbons (Fsp3) is 0.333. The zero-order valence-corrected chi connectivity index (χ0v) is 8.87. The summed E-state index contributed by atoms with van der Waals surface area (Å²) in [5.41, 5.74) is 1.06. The van der Waals surface area contributed by atoms with Gasteiger partial charge >= 0.3 is 0 Å². The van der Waals surface area contributed by atoms with E-state index < -0.39 is 0 Å². The van der Waals surface area contributed by atoms with Crippen LogP contribution in [-0.4, -0.2) is 19.9 Å². The summed E-state index contributed by atoms with van der Waals surface area (Å²) in [6.07, 6.45) is 2.32. The SMILES string of the molecule is OCc1nnc(-c2ccccc2)n1C1CC1. The normalized spacial score (nSPS) is 15.3. The first-order valence-corrected chi connectivity index (χ1v) is 5.50. The molecular weight excluding hydrogens is 202 g/mol.